The van der Waals surface area contributed by atoms with Gasteiger partial charge in [0, 0.05) is 18.6 Å². The molecule has 32 heavy (non-hydrogen) atoms. The molecule has 0 spiro atoms. The number of fused-ring (bicyclic) bond motifs is 1. The Morgan fingerprint density at radius 3 is 2.53 bits per heavy atom. The zero-order valence-corrected chi connectivity index (χ0v) is 17.8. The number of hydrogen-bond acceptors (Lipinski definition) is 6. The second-order valence-electron chi connectivity index (χ2n) is 7.12. The minimum atomic E-state index is -0.466. The number of hydrogen-bond donors (Lipinski definition) is 1. The SMILES string of the molecule is COc1cccc(OCCCOc2ccc(/C=C3/C(=N)N4OC(C)=CC4=NC3=O)cc2)c1. The highest BCUT2D eigenvalue weighted by molar-refractivity contribution is 6.32. The monoisotopic (exact) mass is 433 g/mol. The summed E-state index contributed by atoms with van der Waals surface area (Å²) in [7, 11) is 1.62. The average Bonchev–Trinajstić information content (AvgIpc) is 3.17. The molecule has 0 fully saturated rings. The van der Waals surface area contributed by atoms with Crippen molar-refractivity contribution in [2.24, 2.45) is 4.99 Å². The van der Waals surface area contributed by atoms with Crippen molar-refractivity contribution in [2.45, 2.75) is 13.3 Å². The van der Waals surface area contributed by atoms with Gasteiger partial charge in [-0.25, -0.2) is 0 Å². The number of rotatable bonds is 8. The van der Waals surface area contributed by atoms with Crippen molar-refractivity contribution in [2.75, 3.05) is 20.3 Å². The lowest BCUT2D eigenvalue weighted by molar-refractivity contribution is -0.114. The number of nitrogens with zero attached hydrogens (tertiary/aromatic N) is 2. The second-order valence-corrected chi connectivity index (χ2v) is 7.12. The van der Waals surface area contributed by atoms with Crippen LogP contribution in [0.15, 0.2) is 70.9 Å². The van der Waals surface area contributed by atoms with E-state index in [2.05, 4.69) is 4.99 Å². The van der Waals surface area contributed by atoms with Crippen LogP contribution in [0.5, 0.6) is 17.2 Å². The molecule has 0 aromatic heterocycles. The van der Waals surface area contributed by atoms with Crippen molar-refractivity contribution in [3.05, 3.63) is 71.5 Å². The van der Waals surface area contributed by atoms with Crippen LogP contribution in [0.1, 0.15) is 18.9 Å². The van der Waals surface area contributed by atoms with Crippen LogP contribution in [-0.4, -0.2) is 43.0 Å². The largest absolute Gasteiger partial charge is 0.497 e. The molecule has 0 unspecified atom stereocenters. The molecule has 0 saturated heterocycles. The van der Waals surface area contributed by atoms with E-state index in [-0.39, 0.29) is 11.4 Å². The summed E-state index contributed by atoms with van der Waals surface area (Å²) in [6, 6.07) is 14.7. The maximum absolute atomic E-state index is 12.3. The van der Waals surface area contributed by atoms with Crippen LogP contribution in [0.25, 0.3) is 6.08 Å². The van der Waals surface area contributed by atoms with Crippen molar-refractivity contribution in [1.29, 1.82) is 5.41 Å². The third kappa shape index (κ3) is 4.80. The van der Waals surface area contributed by atoms with Crippen LogP contribution in [0.4, 0.5) is 0 Å². The summed E-state index contributed by atoms with van der Waals surface area (Å²) in [6.45, 7) is 2.77. The third-order valence-electron chi connectivity index (χ3n) is 4.74. The Labute approximate surface area is 185 Å². The number of amidine groups is 2. The topological polar surface area (TPSA) is 93.4 Å². The fourth-order valence-corrected chi connectivity index (χ4v) is 3.16. The maximum Gasteiger partial charge on any atom is 0.282 e. The number of nitrogens with one attached hydrogen (secondary N) is 1. The Morgan fingerprint density at radius 2 is 1.78 bits per heavy atom. The maximum atomic E-state index is 12.3. The first-order valence-electron chi connectivity index (χ1n) is 10.1. The highest BCUT2D eigenvalue weighted by Gasteiger charge is 2.34. The zero-order chi connectivity index (χ0) is 22.5. The Morgan fingerprint density at radius 1 is 1.06 bits per heavy atom. The first-order chi connectivity index (χ1) is 15.5. The number of benzene rings is 2. The molecule has 164 valence electrons. The number of ether oxygens (including phenoxy) is 3. The minimum absolute atomic E-state index is 0.0375. The standard InChI is InChI=1S/C24H23N3O5/c1-16-13-22-26-24(28)21(23(25)27(22)32-16)14-17-7-9-18(10-8-17)30-11-4-12-31-20-6-3-5-19(15-20)29-2/h3,5-10,13-15,25H,4,11-12H2,1-2H3/b21-14-,25-23?. The van der Waals surface area contributed by atoms with E-state index in [4.69, 9.17) is 24.5 Å². The molecule has 2 aliphatic heterocycles. The van der Waals surface area contributed by atoms with E-state index in [0.29, 0.717) is 30.6 Å². The summed E-state index contributed by atoms with van der Waals surface area (Å²) in [6.07, 6.45) is 3.96. The highest BCUT2D eigenvalue weighted by Crippen LogP contribution is 2.24. The van der Waals surface area contributed by atoms with Crippen LogP contribution in [0.3, 0.4) is 0 Å². The van der Waals surface area contributed by atoms with E-state index in [9.17, 15) is 4.79 Å². The van der Waals surface area contributed by atoms with Crippen molar-refractivity contribution in [3.8, 4) is 17.2 Å². The molecule has 8 nitrogen and oxygen atoms in total. The number of hydroxylamine groups is 2. The van der Waals surface area contributed by atoms with E-state index in [1.165, 1.54) is 5.06 Å². The fourth-order valence-electron chi connectivity index (χ4n) is 3.16. The fraction of sp³-hybridized carbons (Fsp3) is 0.208. The summed E-state index contributed by atoms with van der Waals surface area (Å²) in [5.74, 6) is 2.63. The summed E-state index contributed by atoms with van der Waals surface area (Å²) in [5, 5.41) is 9.50. The molecule has 8 heteroatoms. The Hall–Kier alpha value is -4.07. The van der Waals surface area contributed by atoms with E-state index < -0.39 is 5.91 Å². The normalized spacial score (nSPS) is 16.3. The smallest absolute Gasteiger partial charge is 0.282 e. The summed E-state index contributed by atoms with van der Waals surface area (Å²) < 4.78 is 16.6. The van der Waals surface area contributed by atoms with Crippen LogP contribution in [-0.2, 0) is 9.63 Å². The Balaban J connectivity index is 1.28. The van der Waals surface area contributed by atoms with Gasteiger partial charge in [-0.3, -0.25) is 10.2 Å². The second kappa shape index (κ2) is 9.38. The number of carbonyl (C=O) groups excluding carboxylic acids is 1. The van der Waals surface area contributed by atoms with Gasteiger partial charge in [-0.2, -0.15) is 4.99 Å². The summed E-state index contributed by atoms with van der Waals surface area (Å²) in [4.78, 5) is 21.7. The number of methoxy groups -OCH3 is 1. The lowest BCUT2D eigenvalue weighted by atomic mass is 10.1. The summed E-state index contributed by atoms with van der Waals surface area (Å²) in [5.41, 5.74) is 0.926. The number of aliphatic imine (C=N–C) groups is 1. The van der Waals surface area contributed by atoms with Gasteiger partial charge in [-0.1, -0.05) is 18.2 Å². The first-order valence-corrected chi connectivity index (χ1v) is 10.1. The number of amides is 1. The quantitative estimate of drug-likeness (QED) is 0.500. The zero-order valence-electron chi connectivity index (χ0n) is 17.8. The summed E-state index contributed by atoms with van der Waals surface area (Å²) >= 11 is 0. The number of allylic oxidation sites excluding steroid dienone is 1. The van der Waals surface area contributed by atoms with Crippen molar-refractivity contribution < 1.29 is 23.8 Å². The van der Waals surface area contributed by atoms with Crippen molar-refractivity contribution in [1.82, 2.24) is 5.06 Å². The predicted molar refractivity (Wildman–Crippen MR) is 120 cm³/mol. The highest BCUT2D eigenvalue weighted by atomic mass is 16.7. The molecule has 2 aromatic rings. The van der Waals surface area contributed by atoms with Gasteiger partial charge in [0.05, 0.1) is 25.9 Å². The molecule has 1 amide bonds. The predicted octanol–water partition coefficient (Wildman–Crippen LogP) is 3.99. The van der Waals surface area contributed by atoms with E-state index in [0.717, 1.165) is 23.5 Å². The average molecular weight is 433 g/mol. The van der Waals surface area contributed by atoms with Gasteiger partial charge in [0.1, 0.15) is 23.0 Å². The molecule has 0 saturated carbocycles. The van der Waals surface area contributed by atoms with Crippen LogP contribution in [0, 0.1) is 5.41 Å². The van der Waals surface area contributed by atoms with Gasteiger partial charge in [0.25, 0.3) is 5.91 Å². The van der Waals surface area contributed by atoms with Gasteiger partial charge in [-0.15, -0.1) is 5.06 Å². The molecule has 0 bridgehead atoms. The van der Waals surface area contributed by atoms with E-state index in [1.807, 2.05) is 48.5 Å². The minimum Gasteiger partial charge on any atom is -0.497 e. The van der Waals surface area contributed by atoms with Crippen LogP contribution < -0.4 is 14.2 Å². The first kappa shape index (κ1) is 21.2. The van der Waals surface area contributed by atoms with E-state index in [1.54, 1.807) is 26.2 Å². The van der Waals surface area contributed by atoms with Gasteiger partial charge < -0.3 is 19.0 Å². The van der Waals surface area contributed by atoms with Crippen LogP contribution in [0.2, 0.25) is 0 Å². The lowest BCUT2D eigenvalue weighted by Gasteiger charge is -2.22. The van der Waals surface area contributed by atoms with Crippen LogP contribution >= 0.6 is 0 Å². The Bertz CT molecular complexity index is 1120. The molecule has 4 rings (SSSR count). The molecule has 2 aliphatic rings. The molecule has 0 atom stereocenters. The molecule has 1 N–H and O–H groups in total. The van der Waals surface area contributed by atoms with Gasteiger partial charge in [-0.05, 0) is 42.8 Å². The molecular formula is C24H23N3O5. The lowest BCUT2D eigenvalue weighted by Crippen LogP contribution is -2.38. The molecular weight excluding hydrogens is 410 g/mol. The van der Waals surface area contributed by atoms with Crippen molar-refractivity contribution >= 4 is 23.7 Å². The third-order valence-corrected chi connectivity index (χ3v) is 4.74. The molecule has 0 aliphatic carbocycles. The van der Waals surface area contributed by atoms with Gasteiger partial charge in [0.15, 0.2) is 11.7 Å². The Kier molecular flexibility index (Phi) is 6.21. The number of carbonyl (C=O) groups is 1. The van der Waals surface area contributed by atoms with Gasteiger partial charge >= 0.3 is 0 Å². The molecule has 0 radical (unpaired) electrons. The van der Waals surface area contributed by atoms with Crippen molar-refractivity contribution in [3.63, 3.8) is 0 Å². The molecule has 2 aromatic carbocycles. The van der Waals surface area contributed by atoms with E-state index >= 15 is 0 Å². The van der Waals surface area contributed by atoms with Gasteiger partial charge in [0.2, 0.25) is 0 Å². The molecule has 2 heterocycles.